The molecule has 1 aliphatic carbocycles. The fourth-order valence-electron chi connectivity index (χ4n) is 3.06. The number of carbonyl (C=O) groups is 1. The van der Waals surface area contributed by atoms with Crippen molar-refractivity contribution in [3.63, 3.8) is 0 Å². The SMILES string of the molecule is O=C(Cn1cc(C(F)(F)F)ccc1=O)NCc1cccnc1OC1CCCC1. The summed E-state index contributed by atoms with van der Waals surface area (Å²) in [6, 6.07) is 4.96. The monoisotopic (exact) mass is 395 g/mol. The van der Waals surface area contributed by atoms with Crippen LogP contribution in [-0.2, 0) is 24.1 Å². The van der Waals surface area contributed by atoms with Gasteiger partial charge in [0.2, 0.25) is 11.8 Å². The minimum absolute atomic E-state index is 0.0996. The zero-order chi connectivity index (χ0) is 20.1. The Kier molecular flexibility index (Phi) is 6.01. The standard InChI is InChI=1S/C19H20F3N3O3/c20-19(21,22)14-7-8-17(27)25(11-14)12-16(26)24-10-13-4-3-9-23-18(13)28-15-5-1-2-6-15/h3-4,7-9,11,15H,1-2,5-6,10,12H2,(H,24,26). The van der Waals surface area contributed by atoms with E-state index in [1.807, 2.05) is 0 Å². The van der Waals surface area contributed by atoms with Gasteiger partial charge in [0.1, 0.15) is 12.6 Å². The van der Waals surface area contributed by atoms with Gasteiger partial charge in [0, 0.05) is 30.6 Å². The van der Waals surface area contributed by atoms with E-state index in [0.717, 1.165) is 36.3 Å². The summed E-state index contributed by atoms with van der Waals surface area (Å²) in [6.45, 7) is -0.412. The Hall–Kier alpha value is -2.84. The number of carbonyl (C=O) groups excluding carboxylic acids is 1. The first-order valence-electron chi connectivity index (χ1n) is 8.98. The lowest BCUT2D eigenvalue weighted by molar-refractivity contribution is -0.138. The molecule has 2 heterocycles. The van der Waals surface area contributed by atoms with E-state index < -0.39 is 29.8 Å². The summed E-state index contributed by atoms with van der Waals surface area (Å²) in [4.78, 5) is 28.1. The molecular weight excluding hydrogens is 375 g/mol. The lowest BCUT2D eigenvalue weighted by Crippen LogP contribution is -2.32. The molecule has 1 saturated carbocycles. The Morgan fingerprint density at radius 1 is 1.25 bits per heavy atom. The lowest BCUT2D eigenvalue weighted by Gasteiger charge is -2.15. The Labute approximate surface area is 159 Å². The minimum Gasteiger partial charge on any atom is -0.474 e. The van der Waals surface area contributed by atoms with Crippen LogP contribution in [0, 0.1) is 0 Å². The number of nitrogens with zero attached hydrogens (tertiary/aromatic N) is 2. The van der Waals surface area contributed by atoms with Crippen molar-refractivity contribution in [2.45, 2.75) is 51.1 Å². The quantitative estimate of drug-likeness (QED) is 0.816. The Bertz CT molecular complexity index is 890. The van der Waals surface area contributed by atoms with Gasteiger partial charge in [0.15, 0.2) is 0 Å². The molecule has 0 unspecified atom stereocenters. The Morgan fingerprint density at radius 2 is 2.00 bits per heavy atom. The molecule has 0 saturated heterocycles. The molecule has 0 spiro atoms. The van der Waals surface area contributed by atoms with Crippen LogP contribution in [0.2, 0.25) is 0 Å². The predicted molar refractivity (Wildman–Crippen MR) is 94.7 cm³/mol. The fourth-order valence-corrected chi connectivity index (χ4v) is 3.06. The molecule has 0 bridgehead atoms. The predicted octanol–water partition coefficient (Wildman–Crippen LogP) is 2.90. The van der Waals surface area contributed by atoms with Crippen molar-refractivity contribution in [2.24, 2.45) is 0 Å². The maximum absolute atomic E-state index is 12.8. The number of pyridine rings is 2. The van der Waals surface area contributed by atoms with Gasteiger partial charge in [-0.1, -0.05) is 6.07 Å². The third kappa shape index (κ3) is 5.11. The van der Waals surface area contributed by atoms with Crippen LogP contribution in [0.25, 0.3) is 0 Å². The number of aromatic nitrogens is 2. The number of halogens is 3. The molecule has 0 aromatic carbocycles. The van der Waals surface area contributed by atoms with Crippen molar-refractivity contribution in [2.75, 3.05) is 0 Å². The number of hydrogen-bond donors (Lipinski definition) is 1. The zero-order valence-corrected chi connectivity index (χ0v) is 15.0. The van der Waals surface area contributed by atoms with Crippen molar-refractivity contribution < 1.29 is 22.7 Å². The van der Waals surface area contributed by atoms with Gasteiger partial charge in [-0.25, -0.2) is 4.98 Å². The van der Waals surface area contributed by atoms with E-state index in [9.17, 15) is 22.8 Å². The van der Waals surface area contributed by atoms with Gasteiger partial charge in [-0.2, -0.15) is 13.2 Å². The second-order valence-electron chi connectivity index (χ2n) is 6.65. The third-order valence-corrected chi connectivity index (χ3v) is 4.53. The van der Waals surface area contributed by atoms with Crippen LogP contribution in [0.3, 0.4) is 0 Å². The molecule has 9 heteroatoms. The summed E-state index contributed by atoms with van der Waals surface area (Å²) >= 11 is 0. The first-order valence-corrected chi connectivity index (χ1v) is 8.98. The van der Waals surface area contributed by atoms with Crippen molar-refractivity contribution in [3.05, 3.63) is 58.1 Å². The number of ether oxygens (including phenoxy) is 1. The fraction of sp³-hybridized carbons (Fsp3) is 0.421. The summed E-state index contributed by atoms with van der Waals surface area (Å²) < 4.78 is 45.0. The molecule has 28 heavy (non-hydrogen) atoms. The Balaban J connectivity index is 1.63. The Morgan fingerprint density at radius 3 is 2.71 bits per heavy atom. The number of rotatable bonds is 6. The normalized spacial score (nSPS) is 14.8. The first-order chi connectivity index (χ1) is 13.3. The van der Waals surface area contributed by atoms with Crippen molar-refractivity contribution in [1.29, 1.82) is 0 Å². The van der Waals surface area contributed by atoms with Crippen molar-refractivity contribution >= 4 is 5.91 Å². The van der Waals surface area contributed by atoms with Gasteiger partial charge < -0.3 is 14.6 Å². The minimum atomic E-state index is -4.59. The molecule has 1 amide bonds. The van der Waals surface area contributed by atoms with E-state index >= 15 is 0 Å². The number of alkyl halides is 3. The van der Waals surface area contributed by atoms with Gasteiger partial charge in [-0.3, -0.25) is 9.59 Å². The van der Waals surface area contributed by atoms with Gasteiger partial charge >= 0.3 is 6.18 Å². The van der Waals surface area contributed by atoms with Gasteiger partial charge in [-0.05, 0) is 37.8 Å². The summed E-state index contributed by atoms with van der Waals surface area (Å²) in [7, 11) is 0. The molecular formula is C19H20F3N3O3. The van der Waals surface area contributed by atoms with E-state index in [1.54, 1.807) is 18.3 Å². The highest BCUT2D eigenvalue weighted by molar-refractivity contribution is 5.75. The molecule has 0 aliphatic heterocycles. The molecule has 0 atom stereocenters. The van der Waals surface area contributed by atoms with Crippen LogP contribution in [0.4, 0.5) is 13.2 Å². The maximum Gasteiger partial charge on any atom is 0.417 e. The zero-order valence-electron chi connectivity index (χ0n) is 15.0. The van der Waals surface area contributed by atoms with E-state index in [2.05, 4.69) is 10.3 Å². The van der Waals surface area contributed by atoms with Crippen LogP contribution >= 0.6 is 0 Å². The van der Waals surface area contributed by atoms with E-state index in [0.29, 0.717) is 23.7 Å². The summed E-state index contributed by atoms with van der Waals surface area (Å²) in [6.07, 6.45) is 1.88. The molecule has 0 radical (unpaired) electrons. The van der Waals surface area contributed by atoms with Gasteiger partial charge in [0.25, 0.3) is 5.56 Å². The van der Waals surface area contributed by atoms with E-state index in [1.165, 1.54) is 0 Å². The number of amides is 1. The summed E-state index contributed by atoms with van der Waals surface area (Å²) in [5, 5.41) is 2.60. The number of nitrogens with one attached hydrogen (secondary N) is 1. The topological polar surface area (TPSA) is 73.2 Å². The lowest BCUT2D eigenvalue weighted by atomic mass is 10.2. The first kappa shape index (κ1) is 19.9. The third-order valence-electron chi connectivity index (χ3n) is 4.53. The second-order valence-corrected chi connectivity index (χ2v) is 6.65. The van der Waals surface area contributed by atoms with Crippen molar-refractivity contribution in [1.82, 2.24) is 14.9 Å². The summed E-state index contributed by atoms with van der Waals surface area (Å²) in [5.41, 5.74) is -1.01. The van der Waals surface area contributed by atoms with Crippen LogP contribution in [0.15, 0.2) is 41.5 Å². The largest absolute Gasteiger partial charge is 0.474 e. The highest BCUT2D eigenvalue weighted by atomic mass is 19.4. The van der Waals surface area contributed by atoms with Crippen LogP contribution < -0.4 is 15.6 Å². The smallest absolute Gasteiger partial charge is 0.417 e. The average molecular weight is 395 g/mol. The molecule has 1 N–H and O–H groups in total. The molecule has 3 rings (SSSR count). The molecule has 150 valence electrons. The highest BCUT2D eigenvalue weighted by Crippen LogP contribution is 2.28. The number of hydrogen-bond acceptors (Lipinski definition) is 4. The van der Waals surface area contributed by atoms with Gasteiger partial charge in [-0.15, -0.1) is 0 Å². The molecule has 2 aromatic rings. The maximum atomic E-state index is 12.8. The van der Waals surface area contributed by atoms with E-state index in [4.69, 9.17) is 4.74 Å². The molecule has 2 aromatic heterocycles. The van der Waals surface area contributed by atoms with E-state index in [-0.39, 0.29) is 12.6 Å². The van der Waals surface area contributed by atoms with Crippen LogP contribution in [0.1, 0.15) is 36.8 Å². The molecule has 6 nitrogen and oxygen atoms in total. The van der Waals surface area contributed by atoms with Crippen LogP contribution in [-0.4, -0.2) is 21.6 Å². The second kappa shape index (κ2) is 8.45. The van der Waals surface area contributed by atoms with Crippen LogP contribution in [0.5, 0.6) is 5.88 Å². The molecule has 1 aliphatic rings. The summed E-state index contributed by atoms with van der Waals surface area (Å²) in [5.74, 6) is -0.150. The highest BCUT2D eigenvalue weighted by Gasteiger charge is 2.31. The molecule has 1 fully saturated rings. The average Bonchev–Trinajstić information content (AvgIpc) is 3.15. The van der Waals surface area contributed by atoms with Gasteiger partial charge in [0.05, 0.1) is 5.56 Å². The van der Waals surface area contributed by atoms with Crippen molar-refractivity contribution in [3.8, 4) is 5.88 Å².